The second kappa shape index (κ2) is 14.3. The molecule has 2 N–H and O–H groups in total. The summed E-state index contributed by atoms with van der Waals surface area (Å²) in [5.41, 5.74) is 4.57. The van der Waals surface area contributed by atoms with Crippen LogP contribution in [-0.2, 0) is 13.1 Å². The van der Waals surface area contributed by atoms with Gasteiger partial charge in [0.15, 0.2) is 5.11 Å². The van der Waals surface area contributed by atoms with Crippen LogP contribution in [-0.4, -0.2) is 64.9 Å². The Kier molecular flexibility index (Phi) is 10.4. The fourth-order valence-electron chi connectivity index (χ4n) is 4.63. The quantitative estimate of drug-likeness (QED) is 0.358. The van der Waals surface area contributed by atoms with Crippen molar-refractivity contribution in [2.24, 2.45) is 0 Å². The highest BCUT2D eigenvalue weighted by Crippen LogP contribution is 2.24. The van der Waals surface area contributed by atoms with Crippen LogP contribution in [0.3, 0.4) is 0 Å². The van der Waals surface area contributed by atoms with E-state index in [1.54, 1.807) is 17.4 Å². The van der Waals surface area contributed by atoms with Crippen LogP contribution in [0.15, 0.2) is 61.1 Å². The lowest BCUT2D eigenvalue weighted by molar-refractivity contribution is 0.246. The summed E-state index contributed by atoms with van der Waals surface area (Å²) < 4.78 is 2.04. The van der Waals surface area contributed by atoms with Gasteiger partial charge in [0.2, 0.25) is 0 Å². The molecule has 1 fully saturated rings. The van der Waals surface area contributed by atoms with Gasteiger partial charge in [0.25, 0.3) is 0 Å². The number of imidazole rings is 1. The molecule has 0 spiro atoms. The molecule has 2 aromatic carbocycles. The Bertz CT molecular complexity index is 1290. The third-order valence-electron chi connectivity index (χ3n) is 6.95. The number of nitrogens with zero attached hydrogens (tertiary/aromatic N) is 6. The van der Waals surface area contributed by atoms with Gasteiger partial charge in [-0.15, -0.1) is 0 Å². The number of carbonyl (C=O) groups excluding carboxylic acids is 1. The molecule has 0 bridgehead atoms. The molecule has 2 heterocycles. The number of nitriles is 1. The summed E-state index contributed by atoms with van der Waals surface area (Å²) in [6.45, 7) is 10.2. The molecule has 1 aliphatic rings. The lowest BCUT2D eigenvalue weighted by atomic mass is 10.1. The molecule has 1 aliphatic heterocycles. The highest BCUT2D eigenvalue weighted by Gasteiger charge is 2.21. The maximum absolute atomic E-state index is 13.3. The Hall–Kier alpha value is -4.10. The number of carbonyl (C=O) groups is 1. The van der Waals surface area contributed by atoms with Gasteiger partial charge in [0.1, 0.15) is 0 Å². The number of amides is 2. The van der Waals surface area contributed by atoms with Crippen molar-refractivity contribution >= 4 is 34.7 Å². The summed E-state index contributed by atoms with van der Waals surface area (Å²) in [6, 6.07) is 17.8. The monoisotopic (exact) mass is 558 g/mol. The second-order valence-corrected chi connectivity index (χ2v) is 10.2. The van der Waals surface area contributed by atoms with E-state index in [-0.39, 0.29) is 6.03 Å². The van der Waals surface area contributed by atoms with Crippen LogP contribution in [0.5, 0.6) is 0 Å². The first-order valence-corrected chi connectivity index (χ1v) is 14.3. The van der Waals surface area contributed by atoms with Crippen LogP contribution in [0.1, 0.15) is 43.5 Å². The van der Waals surface area contributed by atoms with Crippen molar-refractivity contribution in [1.82, 2.24) is 25.1 Å². The average Bonchev–Trinajstić information content (AvgIpc) is 3.44. The van der Waals surface area contributed by atoms with Crippen LogP contribution in [0.2, 0.25) is 0 Å². The Balaban J connectivity index is 1.45. The van der Waals surface area contributed by atoms with Gasteiger partial charge in [-0.3, -0.25) is 4.90 Å². The number of aromatic nitrogens is 2. The molecule has 0 atom stereocenters. The molecule has 40 heavy (non-hydrogen) atoms. The molecule has 2 amide bonds. The third kappa shape index (κ3) is 7.51. The SMILES string of the molecule is CCCNC(=O)N(Cc1cncn1Cc1ccc(C#N)cc1)c1ccc(N2CCN(C(=S)NCCC)CC2)cc1. The molecular formula is C30H38N8OS. The Morgan fingerprint density at radius 3 is 2.33 bits per heavy atom. The minimum Gasteiger partial charge on any atom is -0.368 e. The van der Waals surface area contributed by atoms with Crippen LogP contribution in [0, 0.1) is 11.3 Å². The number of nitrogens with one attached hydrogen (secondary N) is 2. The van der Waals surface area contributed by atoms with Gasteiger partial charge < -0.3 is 25.0 Å². The Morgan fingerprint density at radius 2 is 1.68 bits per heavy atom. The smallest absolute Gasteiger partial charge is 0.322 e. The summed E-state index contributed by atoms with van der Waals surface area (Å²) in [7, 11) is 0. The summed E-state index contributed by atoms with van der Waals surface area (Å²) in [4.78, 5) is 24.0. The summed E-state index contributed by atoms with van der Waals surface area (Å²) in [5, 5.41) is 16.3. The van der Waals surface area contributed by atoms with E-state index in [4.69, 9.17) is 17.5 Å². The number of anilines is 2. The molecule has 0 unspecified atom stereocenters. The minimum absolute atomic E-state index is 0.137. The van der Waals surface area contributed by atoms with Gasteiger partial charge in [-0.2, -0.15) is 5.26 Å². The molecule has 210 valence electrons. The van der Waals surface area contributed by atoms with Crippen molar-refractivity contribution in [3.05, 3.63) is 77.9 Å². The predicted octanol–water partition coefficient (Wildman–Crippen LogP) is 4.34. The van der Waals surface area contributed by atoms with Gasteiger partial charge in [-0.25, -0.2) is 9.78 Å². The normalized spacial score (nSPS) is 13.0. The number of thiocarbonyl (C=S) groups is 1. The number of urea groups is 1. The molecular weight excluding hydrogens is 520 g/mol. The summed E-state index contributed by atoms with van der Waals surface area (Å²) in [5.74, 6) is 0. The number of hydrogen-bond acceptors (Lipinski definition) is 5. The number of piperazine rings is 1. The highest BCUT2D eigenvalue weighted by molar-refractivity contribution is 7.80. The first-order valence-electron chi connectivity index (χ1n) is 13.9. The zero-order valence-corrected chi connectivity index (χ0v) is 24.2. The van der Waals surface area contributed by atoms with Crippen molar-refractivity contribution in [2.75, 3.05) is 49.1 Å². The van der Waals surface area contributed by atoms with Crippen molar-refractivity contribution in [3.8, 4) is 6.07 Å². The maximum Gasteiger partial charge on any atom is 0.322 e. The zero-order valence-electron chi connectivity index (χ0n) is 23.3. The van der Waals surface area contributed by atoms with E-state index < -0.39 is 0 Å². The topological polar surface area (TPSA) is 92.5 Å². The summed E-state index contributed by atoms with van der Waals surface area (Å²) in [6.07, 6.45) is 5.50. The van der Waals surface area contributed by atoms with Gasteiger partial charge in [-0.05, 0) is 67.0 Å². The van der Waals surface area contributed by atoms with Gasteiger partial charge in [0, 0.05) is 63.4 Å². The zero-order chi connectivity index (χ0) is 28.3. The molecule has 9 nitrogen and oxygen atoms in total. The maximum atomic E-state index is 13.3. The first-order chi connectivity index (χ1) is 19.5. The van der Waals surface area contributed by atoms with E-state index in [9.17, 15) is 4.79 Å². The largest absolute Gasteiger partial charge is 0.368 e. The van der Waals surface area contributed by atoms with E-state index >= 15 is 0 Å². The van der Waals surface area contributed by atoms with Gasteiger partial charge in [0.05, 0.1) is 30.2 Å². The van der Waals surface area contributed by atoms with E-state index in [1.807, 2.05) is 47.9 Å². The predicted molar refractivity (Wildman–Crippen MR) is 163 cm³/mol. The molecule has 10 heteroatoms. The highest BCUT2D eigenvalue weighted by atomic mass is 32.1. The van der Waals surface area contributed by atoms with Crippen LogP contribution >= 0.6 is 12.2 Å². The fraction of sp³-hybridized carbons (Fsp3) is 0.400. The number of hydrogen-bond donors (Lipinski definition) is 2. The molecule has 1 saturated heterocycles. The molecule has 3 aromatic rings. The standard InChI is InChI=1S/C30H38N8OS/c1-3-13-33-29(39)38(22-28-20-32-23-37(28)21-25-7-5-24(19-31)6-8-25)27-11-9-26(10-12-27)35-15-17-36(18-16-35)30(40)34-14-4-2/h5-12,20,23H,3-4,13-18,21-22H2,1-2H3,(H,33,39)(H,34,40). The Morgan fingerprint density at radius 1 is 1.00 bits per heavy atom. The van der Waals surface area contributed by atoms with Crippen molar-refractivity contribution in [2.45, 2.75) is 39.8 Å². The molecule has 0 radical (unpaired) electrons. The lowest BCUT2D eigenvalue weighted by Crippen LogP contribution is -2.51. The Labute approximate surface area is 242 Å². The lowest BCUT2D eigenvalue weighted by Gasteiger charge is -2.37. The van der Waals surface area contributed by atoms with Crippen molar-refractivity contribution in [1.29, 1.82) is 5.26 Å². The van der Waals surface area contributed by atoms with Gasteiger partial charge >= 0.3 is 6.03 Å². The van der Waals surface area contributed by atoms with E-state index in [1.165, 1.54) is 0 Å². The molecule has 4 rings (SSSR count). The van der Waals surface area contributed by atoms with Crippen molar-refractivity contribution in [3.63, 3.8) is 0 Å². The molecule has 1 aromatic heterocycles. The van der Waals surface area contributed by atoms with Crippen LogP contribution in [0.4, 0.5) is 16.2 Å². The number of benzene rings is 2. The van der Waals surface area contributed by atoms with E-state index in [0.29, 0.717) is 25.2 Å². The van der Waals surface area contributed by atoms with E-state index in [0.717, 1.165) is 73.3 Å². The third-order valence-corrected chi connectivity index (χ3v) is 7.35. The van der Waals surface area contributed by atoms with Crippen LogP contribution in [0.25, 0.3) is 0 Å². The van der Waals surface area contributed by atoms with Gasteiger partial charge in [-0.1, -0.05) is 26.0 Å². The van der Waals surface area contributed by atoms with E-state index in [2.05, 4.69) is 50.5 Å². The fourth-order valence-corrected chi connectivity index (χ4v) is 4.91. The van der Waals surface area contributed by atoms with Crippen molar-refractivity contribution < 1.29 is 4.79 Å². The second-order valence-electron chi connectivity index (χ2n) is 9.86. The molecule has 0 saturated carbocycles. The minimum atomic E-state index is -0.137. The molecule has 0 aliphatic carbocycles. The van der Waals surface area contributed by atoms with Crippen LogP contribution < -0.4 is 20.4 Å². The number of rotatable bonds is 10. The summed E-state index contributed by atoms with van der Waals surface area (Å²) >= 11 is 5.53. The average molecular weight is 559 g/mol. The first kappa shape index (κ1) is 28.9.